The molecular formula is C13H19N3O2. The van der Waals surface area contributed by atoms with E-state index < -0.39 is 5.97 Å². The number of nitrogens with zero attached hydrogens (tertiary/aromatic N) is 3. The molecule has 0 aromatic carbocycles. The lowest BCUT2D eigenvalue weighted by atomic mass is 10.2. The standard InChI is InChI=1S/C13H19N3O2/c17-13(18)11-16-6-2-5-15(7-8-16)10-12-3-1-4-14-9-12/h1,3-4,9H,2,5-8,10-11H2,(H,17,18). The number of pyridine rings is 1. The highest BCUT2D eigenvalue weighted by Crippen LogP contribution is 2.07. The summed E-state index contributed by atoms with van der Waals surface area (Å²) in [6, 6.07) is 4.02. The Hall–Kier alpha value is -1.46. The number of rotatable bonds is 4. The van der Waals surface area contributed by atoms with Gasteiger partial charge in [-0.2, -0.15) is 0 Å². The SMILES string of the molecule is O=C(O)CN1CCCN(Cc2cccnc2)CC1. The molecule has 0 saturated carbocycles. The van der Waals surface area contributed by atoms with Crippen LogP contribution in [0, 0.1) is 0 Å². The lowest BCUT2D eigenvalue weighted by Crippen LogP contribution is -2.34. The smallest absolute Gasteiger partial charge is 0.317 e. The maximum Gasteiger partial charge on any atom is 0.317 e. The van der Waals surface area contributed by atoms with Gasteiger partial charge in [-0.1, -0.05) is 6.07 Å². The third kappa shape index (κ3) is 4.09. The van der Waals surface area contributed by atoms with Gasteiger partial charge in [0.15, 0.2) is 0 Å². The van der Waals surface area contributed by atoms with E-state index in [0.717, 1.165) is 39.1 Å². The van der Waals surface area contributed by atoms with E-state index in [1.807, 2.05) is 17.2 Å². The van der Waals surface area contributed by atoms with E-state index in [-0.39, 0.29) is 6.54 Å². The molecule has 0 unspecified atom stereocenters. The molecule has 1 saturated heterocycles. The van der Waals surface area contributed by atoms with E-state index in [1.54, 1.807) is 6.20 Å². The third-order valence-electron chi connectivity index (χ3n) is 3.17. The molecule has 0 bridgehead atoms. The predicted molar refractivity (Wildman–Crippen MR) is 68.2 cm³/mol. The summed E-state index contributed by atoms with van der Waals surface area (Å²) >= 11 is 0. The van der Waals surface area contributed by atoms with Crippen LogP contribution in [0.1, 0.15) is 12.0 Å². The van der Waals surface area contributed by atoms with Crippen LogP contribution < -0.4 is 0 Å². The number of carboxylic acid groups (broad SMARTS) is 1. The Kier molecular flexibility index (Phi) is 4.66. The lowest BCUT2D eigenvalue weighted by molar-refractivity contribution is -0.138. The molecule has 98 valence electrons. The Labute approximate surface area is 107 Å². The Bertz CT molecular complexity index is 383. The third-order valence-corrected chi connectivity index (χ3v) is 3.17. The van der Waals surface area contributed by atoms with Gasteiger partial charge in [-0.3, -0.25) is 19.6 Å². The molecule has 0 radical (unpaired) electrons. The zero-order chi connectivity index (χ0) is 12.8. The molecule has 1 aromatic rings. The maximum atomic E-state index is 10.7. The van der Waals surface area contributed by atoms with Gasteiger partial charge < -0.3 is 5.11 Å². The molecule has 0 atom stereocenters. The number of hydrogen-bond donors (Lipinski definition) is 1. The van der Waals surface area contributed by atoms with Crippen molar-refractivity contribution in [2.24, 2.45) is 0 Å². The van der Waals surface area contributed by atoms with Gasteiger partial charge >= 0.3 is 5.97 Å². The van der Waals surface area contributed by atoms with Crippen molar-refractivity contribution in [1.29, 1.82) is 0 Å². The summed E-state index contributed by atoms with van der Waals surface area (Å²) in [5, 5.41) is 8.80. The summed E-state index contributed by atoms with van der Waals surface area (Å²) in [5.74, 6) is -0.740. The van der Waals surface area contributed by atoms with Crippen LogP contribution in [0.15, 0.2) is 24.5 Å². The van der Waals surface area contributed by atoms with Crippen LogP contribution >= 0.6 is 0 Å². The van der Waals surface area contributed by atoms with Crippen molar-refractivity contribution in [2.45, 2.75) is 13.0 Å². The van der Waals surface area contributed by atoms with E-state index in [1.165, 1.54) is 5.56 Å². The quantitative estimate of drug-likeness (QED) is 0.850. The van der Waals surface area contributed by atoms with Crippen LogP contribution in [-0.4, -0.2) is 58.6 Å². The molecule has 5 nitrogen and oxygen atoms in total. The summed E-state index contributed by atoms with van der Waals surface area (Å²) in [4.78, 5) is 19.2. The van der Waals surface area contributed by atoms with E-state index in [0.29, 0.717) is 0 Å². The van der Waals surface area contributed by atoms with Crippen molar-refractivity contribution in [3.05, 3.63) is 30.1 Å². The highest BCUT2D eigenvalue weighted by molar-refractivity contribution is 5.69. The second-order valence-electron chi connectivity index (χ2n) is 4.66. The maximum absolute atomic E-state index is 10.7. The van der Waals surface area contributed by atoms with Gasteiger partial charge in [0.25, 0.3) is 0 Å². The van der Waals surface area contributed by atoms with Crippen LogP contribution in [0.3, 0.4) is 0 Å². The van der Waals surface area contributed by atoms with Crippen LogP contribution in [0.2, 0.25) is 0 Å². The van der Waals surface area contributed by atoms with Gasteiger partial charge in [-0.05, 0) is 24.6 Å². The highest BCUT2D eigenvalue weighted by atomic mass is 16.4. The fourth-order valence-electron chi connectivity index (χ4n) is 2.28. The van der Waals surface area contributed by atoms with Crippen LogP contribution in [0.5, 0.6) is 0 Å². The first-order valence-electron chi connectivity index (χ1n) is 6.29. The molecule has 1 aromatic heterocycles. The van der Waals surface area contributed by atoms with Crippen molar-refractivity contribution < 1.29 is 9.90 Å². The fraction of sp³-hybridized carbons (Fsp3) is 0.538. The molecular weight excluding hydrogens is 230 g/mol. The molecule has 2 rings (SSSR count). The lowest BCUT2D eigenvalue weighted by Gasteiger charge is -2.20. The summed E-state index contributed by atoms with van der Waals surface area (Å²) in [5.41, 5.74) is 1.21. The van der Waals surface area contributed by atoms with Crippen LogP contribution in [-0.2, 0) is 11.3 Å². The minimum atomic E-state index is -0.740. The molecule has 1 aliphatic rings. The van der Waals surface area contributed by atoms with Crippen molar-refractivity contribution >= 4 is 5.97 Å². The van der Waals surface area contributed by atoms with Gasteiger partial charge in [0.05, 0.1) is 6.54 Å². The first-order chi connectivity index (χ1) is 8.74. The monoisotopic (exact) mass is 249 g/mol. The normalized spacial score (nSPS) is 18.4. The summed E-state index contributed by atoms with van der Waals surface area (Å²) in [6.07, 6.45) is 4.69. The fourth-order valence-corrected chi connectivity index (χ4v) is 2.28. The molecule has 1 fully saturated rings. The topological polar surface area (TPSA) is 56.7 Å². The Morgan fingerprint density at radius 1 is 1.28 bits per heavy atom. The summed E-state index contributed by atoms with van der Waals surface area (Å²) in [7, 11) is 0. The second-order valence-corrected chi connectivity index (χ2v) is 4.66. The van der Waals surface area contributed by atoms with Crippen molar-refractivity contribution in [3.63, 3.8) is 0 Å². The van der Waals surface area contributed by atoms with E-state index in [2.05, 4.69) is 16.0 Å². The number of carboxylic acids is 1. The van der Waals surface area contributed by atoms with Crippen molar-refractivity contribution in [3.8, 4) is 0 Å². The largest absolute Gasteiger partial charge is 0.480 e. The molecule has 2 heterocycles. The zero-order valence-corrected chi connectivity index (χ0v) is 10.5. The molecule has 0 aliphatic carbocycles. The summed E-state index contributed by atoms with van der Waals surface area (Å²) < 4.78 is 0. The predicted octanol–water partition coefficient (Wildman–Crippen LogP) is 0.674. The molecule has 1 N–H and O–H groups in total. The Balaban J connectivity index is 1.84. The molecule has 1 aliphatic heterocycles. The number of aliphatic carboxylic acids is 1. The minimum absolute atomic E-state index is 0.154. The van der Waals surface area contributed by atoms with Crippen molar-refractivity contribution in [2.75, 3.05) is 32.7 Å². The average molecular weight is 249 g/mol. The number of hydrogen-bond acceptors (Lipinski definition) is 4. The van der Waals surface area contributed by atoms with Gasteiger partial charge in [0.1, 0.15) is 0 Å². The van der Waals surface area contributed by atoms with Gasteiger partial charge in [-0.25, -0.2) is 0 Å². The molecule has 0 spiro atoms. The Morgan fingerprint density at radius 3 is 2.78 bits per heavy atom. The second kappa shape index (κ2) is 6.47. The number of aromatic nitrogens is 1. The van der Waals surface area contributed by atoms with Gasteiger partial charge in [-0.15, -0.1) is 0 Å². The van der Waals surface area contributed by atoms with Gasteiger partial charge in [0.2, 0.25) is 0 Å². The van der Waals surface area contributed by atoms with E-state index >= 15 is 0 Å². The van der Waals surface area contributed by atoms with E-state index in [4.69, 9.17) is 5.11 Å². The van der Waals surface area contributed by atoms with Gasteiger partial charge in [0, 0.05) is 38.6 Å². The Morgan fingerprint density at radius 2 is 2.06 bits per heavy atom. The summed E-state index contributed by atoms with van der Waals surface area (Å²) in [6.45, 7) is 4.69. The van der Waals surface area contributed by atoms with Crippen molar-refractivity contribution in [1.82, 2.24) is 14.8 Å². The van der Waals surface area contributed by atoms with Crippen LogP contribution in [0.25, 0.3) is 0 Å². The van der Waals surface area contributed by atoms with E-state index in [9.17, 15) is 4.79 Å². The molecule has 5 heteroatoms. The zero-order valence-electron chi connectivity index (χ0n) is 10.5. The number of carbonyl (C=O) groups is 1. The first-order valence-corrected chi connectivity index (χ1v) is 6.29. The van der Waals surface area contributed by atoms with Crippen LogP contribution in [0.4, 0.5) is 0 Å². The first kappa shape index (κ1) is 13.0. The molecule has 18 heavy (non-hydrogen) atoms. The highest BCUT2D eigenvalue weighted by Gasteiger charge is 2.16. The molecule has 0 amide bonds. The average Bonchev–Trinajstić information content (AvgIpc) is 2.56. The minimum Gasteiger partial charge on any atom is -0.480 e.